The molecule has 0 spiro atoms. The van der Waals surface area contributed by atoms with Crippen molar-refractivity contribution in [3.05, 3.63) is 81.9 Å². The van der Waals surface area contributed by atoms with Gasteiger partial charge in [-0.15, -0.1) is 0 Å². The number of nitrogens with two attached hydrogens (primary N) is 1. The molecule has 0 aliphatic carbocycles. The van der Waals surface area contributed by atoms with Crippen molar-refractivity contribution in [2.24, 2.45) is 0 Å². The predicted octanol–water partition coefficient (Wildman–Crippen LogP) is 3.93. The van der Waals surface area contributed by atoms with E-state index in [0.717, 1.165) is 0 Å². The highest BCUT2D eigenvalue weighted by molar-refractivity contribution is 6.34. The SMILES string of the molecule is Cc1c(Cl)c(N)cc2c1NC(=O)C2(c1ccc(O)cc1)c1ccc(O)cc1. The average Bonchev–Trinajstić information content (AvgIpc) is 2.94. The molecule has 0 aromatic heterocycles. The molecular weight excluding hydrogens is 364 g/mol. The number of halogens is 1. The van der Waals surface area contributed by atoms with Crippen molar-refractivity contribution in [3.8, 4) is 11.5 Å². The molecule has 3 aromatic rings. The average molecular weight is 381 g/mol. The van der Waals surface area contributed by atoms with Gasteiger partial charge in [-0.3, -0.25) is 4.79 Å². The van der Waals surface area contributed by atoms with Crippen LogP contribution in [-0.2, 0) is 10.2 Å². The summed E-state index contributed by atoms with van der Waals surface area (Å²) in [6.07, 6.45) is 0. The number of hydrogen-bond acceptors (Lipinski definition) is 4. The molecule has 27 heavy (non-hydrogen) atoms. The van der Waals surface area contributed by atoms with E-state index in [1.165, 1.54) is 24.3 Å². The number of nitrogen functional groups attached to an aromatic ring is 1. The highest BCUT2D eigenvalue weighted by atomic mass is 35.5. The first-order chi connectivity index (χ1) is 12.9. The van der Waals surface area contributed by atoms with E-state index in [4.69, 9.17) is 17.3 Å². The Morgan fingerprint density at radius 2 is 1.44 bits per heavy atom. The minimum Gasteiger partial charge on any atom is -0.508 e. The van der Waals surface area contributed by atoms with Gasteiger partial charge in [0.2, 0.25) is 5.91 Å². The van der Waals surface area contributed by atoms with E-state index in [1.807, 2.05) is 6.92 Å². The summed E-state index contributed by atoms with van der Waals surface area (Å²) in [6.45, 7) is 1.81. The lowest BCUT2D eigenvalue weighted by molar-refractivity contribution is -0.118. The third kappa shape index (κ3) is 2.35. The lowest BCUT2D eigenvalue weighted by Gasteiger charge is -2.29. The number of benzene rings is 3. The molecule has 0 bridgehead atoms. The number of fused-ring (bicyclic) bond motifs is 1. The second-order valence-corrected chi connectivity index (χ2v) is 7.00. The Balaban J connectivity index is 2.11. The predicted molar refractivity (Wildman–Crippen MR) is 105 cm³/mol. The quantitative estimate of drug-likeness (QED) is 0.506. The molecule has 5 nitrogen and oxygen atoms in total. The van der Waals surface area contributed by atoms with Crippen LogP contribution < -0.4 is 11.1 Å². The van der Waals surface area contributed by atoms with Gasteiger partial charge in [0.15, 0.2) is 0 Å². The van der Waals surface area contributed by atoms with Crippen LogP contribution in [0.5, 0.6) is 11.5 Å². The second kappa shape index (κ2) is 5.93. The first-order valence-corrected chi connectivity index (χ1v) is 8.73. The van der Waals surface area contributed by atoms with Gasteiger partial charge in [-0.25, -0.2) is 0 Å². The Bertz CT molecular complexity index is 1010. The van der Waals surface area contributed by atoms with E-state index in [-0.39, 0.29) is 17.4 Å². The van der Waals surface area contributed by atoms with Crippen molar-refractivity contribution in [2.45, 2.75) is 12.3 Å². The summed E-state index contributed by atoms with van der Waals surface area (Å²) in [7, 11) is 0. The Labute approximate surface area is 161 Å². The first kappa shape index (κ1) is 17.2. The molecule has 1 aliphatic rings. The normalized spacial score (nSPS) is 14.7. The number of amides is 1. The number of carbonyl (C=O) groups is 1. The summed E-state index contributed by atoms with van der Waals surface area (Å²) in [5.74, 6) is -0.0475. The number of phenols is 2. The zero-order chi connectivity index (χ0) is 19.3. The van der Waals surface area contributed by atoms with Crippen LogP contribution in [-0.4, -0.2) is 16.1 Å². The molecule has 1 aliphatic heterocycles. The molecule has 6 heteroatoms. The highest BCUT2D eigenvalue weighted by Gasteiger charge is 2.50. The minimum atomic E-state index is -1.18. The highest BCUT2D eigenvalue weighted by Crippen LogP contribution is 2.51. The van der Waals surface area contributed by atoms with Crippen molar-refractivity contribution in [3.63, 3.8) is 0 Å². The van der Waals surface area contributed by atoms with E-state index >= 15 is 0 Å². The largest absolute Gasteiger partial charge is 0.508 e. The van der Waals surface area contributed by atoms with Crippen LogP contribution in [0.25, 0.3) is 0 Å². The molecule has 1 heterocycles. The fourth-order valence-electron chi connectivity index (χ4n) is 3.77. The fraction of sp³-hybridized carbons (Fsp3) is 0.0952. The zero-order valence-electron chi connectivity index (χ0n) is 14.5. The lowest BCUT2D eigenvalue weighted by Crippen LogP contribution is -2.37. The maximum absolute atomic E-state index is 13.4. The van der Waals surface area contributed by atoms with Crippen LogP contribution in [0.2, 0.25) is 5.02 Å². The van der Waals surface area contributed by atoms with Crippen molar-refractivity contribution >= 4 is 28.9 Å². The number of carbonyl (C=O) groups excluding carboxylic acids is 1. The number of nitrogens with one attached hydrogen (secondary N) is 1. The molecule has 3 aromatic carbocycles. The molecule has 0 fully saturated rings. The summed E-state index contributed by atoms with van der Waals surface area (Å²) in [4.78, 5) is 13.4. The van der Waals surface area contributed by atoms with Crippen LogP contribution >= 0.6 is 11.6 Å². The molecule has 0 atom stereocenters. The molecule has 0 saturated carbocycles. The van der Waals surface area contributed by atoms with Gasteiger partial charge in [-0.05, 0) is 53.9 Å². The molecule has 136 valence electrons. The van der Waals surface area contributed by atoms with Gasteiger partial charge < -0.3 is 21.3 Å². The van der Waals surface area contributed by atoms with Crippen LogP contribution in [0, 0.1) is 6.92 Å². The molecule has 5 N–H and O–H groups in total. The van der Waals surface area contributed by atoms with Crippen molar-refractivity contribution < 1.29 is 15.0 Å². The first-order valence-electron chi connectivity index (χ1n) is 8.35. The summed E-state index contributed by atoms with van der Waals surface area (Å²) in [6, 6.07) is 14.7. The van der Waals surface area contributed by atoms with Gasteiger partial charge in [0.05, 0.1) is 16.4 Å². The van der Waals surface area contributed by atoms with Crippen LogP contribution in [0.3, 0.4) is 0 Å². The third-order valence-corrected chi connectivity index (χ3v) is 5.61. The molecule has 0 saturated heterocycles. The number of rotatable bonds is 2. The number of aromatic hydroxyl groups is 2. The monoisotopic (exact) mass is 380 g/mol. The number of phenolic OH excluding ortho intramolecular Hbond substituents is 2. The molecule has 0 radical (unpaired) electrons. The van der Waals surface area contributed by atoms with Crippen LogP contribution in [0.15, 0.2) is 54.6 Å². The Morgan fingerprint density at radius 3 is 1.93 bits per heavy atom. The summed E-state index contributed by atoms with van der Waals surface area (Å²) in [5.41, 5.74) is 8.66. The van der Waals surface area contributed by atoms with Crippen molar-refractivity contribution in [1.82, 2.24) is 0 Å². The maximum atomic E-state index is 13.4. The van der Waals surface area contributed by atoms with Gasteiger partial charge in [-0.1, -0.05) is 35.9 Å². The van der Waals surface area contributed by atoms with Gasteiger partial charge in [0, 0.05) is 5.56 Å². The van der Waals surface area contributed by atoms with Gasteiger partial charge >= 0.3 is 0 Å². The van der Waals surface area contributed by atoms with Crippen molar-refractivity contribution in [2.75, 3.05) is 11.1 Å². The fourth-order valence-corrected chi connectivity index (χ4v) is 3.92. The maximum Gasteiger partial charge on any atom is 0.244 e. The number of anilines is 2. The van der Waals surface area contributed by atoms with Crippen molar-refractivity contribution in [1.29, 1.82) is 0 Å². The Kier molecular flexibility index (Phi) is 3.78. The Morgan fingerprint density at radius 1 is 0.963 bits per heavy atom. The lowest BCUT2D eigenvalue weighted by atomic mass is 9.70. The van der Waals surface area contributed by atoms with E-state index in [2.05, 4.69) is 5.32 Å². The summed E-state index contributed by atoms with van der Waals surface area (Å²) >= 11 is 6.29. The van der Waals surface area contributed by atoms with Gasteiger partial charge in [0.1, 0.15) is 16.9 Å². The second-order valence-electron chi connectivity index (χ2n) is 6.63. The van der Waals surface area contributed by atoms with Crippen LogP contribution in [0.4, 0.5) is 11.4 Å². The van der Waals surface area contributed by atoms with Gasteiger partial charge in [0.25, 0.3) is 0 Å². The molecule has 1 amide bonds. The zero-order valence-corrected chi connectivity index (χ0v) is 15.2. The standard InChI is InChI=1S/C21H17ClN2O3/c1-11-18(22)17(23)10-16-19(11)24-20(27)21(16,12-2-6-14(25)7-3-12)13-4-8-15(26)9-5-13/h2-10,25-26H,23H2,1H3,(H,24,27). The smallest absolute Gasteiger partial charge is 0.244 e. The topological polar surface area (TPSA) is 95.6 Å². The molecular formula is C21H17ClN2O3. The third-order valence-electron chi connectivity index (χ3n) is 5.11. The minimum absolute atomic E-state index is 0.102. The molecule has 0 unspecified atom stereocenters. The van der Waals surface area contributed by atoms with E-state index in [1.54, 1.807) is 30.3 Å². The summed E-state index contributed by atoms with van der Waals surface area (Å²) < 4.78 is 0. The van der Waals surface area contributed by atoms with E-state index in [9.17, 15) is 15.0 Å². The number of hydrogen-bond donors (Lipinski definition) is 4. The summed E-state index contributed by atoms with van der Waals surface area (Å²) in [5, 5.41) is 22.8. The van der Waals surface area contributed by atoms with E-state index < -0.39 is 5.41 Å². The van der Waals surface area contributed by atoms with Crippen LogP contribution in [0.1, 0.15) is 22.3 Å². The Hall–Kier alpha value is -3.18. The van der Waals surface area contributed by atoms with Gasteiger partial charge in [-0.2, -0.15) is 0 Å². The van der Waals surface area contributed by atoms with E-state index in [0.29, 0.717) is 38.7 Å². The molecule has 4 rings (SSSR count).